The summed E-state index contributed by atoms with van der Waals surface area (Å²) in [4.78, 5) is 12.8. The molecule has 0 bridgehead atoms. The highest BCUT2D eigenvalue weighted by molar-refractivity contribution is 8.00. The second-order valence-corrected chi connectivity index (χ2v) is 8.06. The third-order valence-electron chi connectivity index (χ3n) is 3.96. The minimum atomic E-state index is -2.47. The maximum atomic E-state index is 12.4. The molecular weight excluding hydrogens is 430 g/mol. The number of carbonyl (C=O) groups excluding carboxylic acids is 1. The topological polar surface area (TPSA) is 69.0 Å². The van der Waals surface area contributed by atoms with Gasteiger partial charge in [-0.15, -0.1) is 10.2 Å². The van der Waals surface area contributed by atoms with E-state index in [1.165, 1.54) is 11.8 Å². The maximum absolute atomic E-state index is 12.4. The fourth-order valence-corrected chi connectivity index (χ4v) is 3.89. The Morgan fingerprint density at radius 3 is 2.53 bits per heavy atom. The minimum Gasteiger partial charge on any atom is -0.383 e. The Kier molecular flexibility index (Phi) is 8.23. The number of hydrogen-bond acceptors (Lipinski definition) is 6. The van der Waals surface area contributed by atoms with Gasteiger partial charge in [0, 0.05) is 23.3 Å². The average Bonchev–Trinajstić information content (AvgIpc) is 3.15. The third kappa shape index (κ3) is 6.28. The Morgan fingerprint density at radius 1 is 1.13 bits per heavy atom. The first-order valence-electron chi connectivity index (χ1n) is 9.02. The maximum Gasteiger partial charge on any atom is 0.288 e. The highest BCUT2D eigenvalue weighted by atomic mass is 32.2. The van der Waals surface area contributed by atoms with E-state index >= 15 is 0 Å². The van der Waals surface area contributed by atoms with Gasteiger partial charge in [-0.05, 0) is 24.3 Å². The predicted octanol–water partition coefficient (Wildman–Crippen LogP) is 4.64. The number of rotatable bonds is 10. The number of carbonyl (C=O) groups is 1. The van der Waals surface area contributed by atoms with Crippen LogP contribution >= 0.6 is 23.5 Å². The molecule has 0 aliphatic heterocycles. The van der Waals surface area contributed by atoms with Crippen LogP contribution < -0.4 is 5.32 Å². The van der Waals surface area contributed by atoms with Gasteiger partial charge in [0.15, 0.2) is 11.0 Å². The lowest BCUT2D eigenvalue weighted by Gasteiger charge is -2.10. The van der Waals surface area contributed by atoms with Crippen molar-refractivity contribution < 1.29 is 18.3 Å². The Morgan fingerprint density at radius 2 is 1.87 bits per heavy atom. The molecule has 3 rings (SSSR count). The summed E-state index contributed by atoms with van der Waals surface area (Å²) in [5.74, 6) is -1.86. The molecule has 0 spiro atoms. The van der Waals surface area contributed by atoms with Gasteiger partial charge in [-0.1, -0.05) is 53.9 Å². The van der Waals surface area contributed by atoms with Crippen LogP contribution in [0.1, 0.15) is 0 Å². The number of alkyl halides is 2. The fourth-order valence-electron chi connectivity index (χ4n) is 2.63. The largest absolute Gasteiger partial charge is 0.383 e. The summed E-state index contributed by atoms with van der Waals surface area (Å²) in [5, 5.41) is 11.9. The summed E-state index contributed by atoms with van der Waals surface area (Å²) >= 11 is 1.73. The van der Waals surface area contributed by atoms with E-state index < -0.39 is 5.76 Å². The molecule has 1 amide bonds. The van der Waals surface area contributed by atoms with Crippen molar-refractivity contribution in [1.82, 2.24) is 14.8 Å². The number of nitrogens with zero attached hydrogens (tertiary/aromatic N) is 3. The molecule has 0 saturated heterocycles. The van der Waals surface area contributed by atoms with E-state index in [0.717, 1.165) is 5.56 Å². The van der Waals surface area contributed by atoms with E-state index in [0.29, 0.717) is 46.5 Å². The van der Waals surface area contributed by atoms with Crippen LogP contribution in [-0.4, -0.2) is 45.9 Å². The van der Waals surface area contributed by atoms with E-state index in [9.17, 15) is 13.6 Å². The molecule has 1 heterocycles. The molecule has 0 aliphatic carbocycles. The summed E-state index contributed by atoms with van der Waals surface area (Å²) in [7, 11) is 1.62. The van der Waals surface area contributed by atoms with E-state index in [-0.39, 0.29) is 11.7 Å². The number of aromatic nitrogens is 3. The van der Waals surface area contributed by atoms with Gasteiger partial charge in [-0.2, -0.15) is 8.78 Å². The highest BCUT2D eigenvalue weighted by Crippen LogP contribution is 2.27. The molecule has 0 radical (unpaired) electrons. The van der Waals surface area contributed by atoms with E-state index in [4.69, 9.17) is 4.74 Å². The standard InChI is InChI=1S/C20H20F2N4O2S2/c1-28-12-11-26-18(14-5-3-2-4-6-14)24-25-20(26)29-13-17(27)23-15-7-9-16(10-8-15)30-19(21)22/h2-10,19H,11-13H2,1H3,(H,23,27). The number of thioether (sulfide) groups is 2. The van der Waals surface area contributed by atoms with Crippen LogP contribution in [0.3, 0.4) is 0 Å². The summed E-state index contributed by atoms with van der Waals surface area (Å²) < 4.78 is 31.9. The van der Waals surface area contributed by atoms with Crippen LogP contribution in [0.4, 0.5) is 14.5 Å². The zero-order chi connectivity index (χ0) is 21.3. The lowest BCUT2D eigenvalue weighted by atomic mass is 10.2. The summed E-state index contributed by atoms with van der Waals surface area (Å²) in [5.41, 5.74) is 1.48. The van der Waals surface area contributed by atoms with E-state index in [1.54, 1.807) is 31.4 Å². The number of hydrogen-bond donors (Lipinski definition) is 1. The molecule has 158 valence electrons. The van der Waals surface area contributed by atoms with Crippen molar-refractivity contribution in [3.05, 3.63) is 54.6 Å². The third-order valence-corrected chi connectivity index (χ3v) is 5.65. The Bertz CT molecular complexity index is 953. The monoisotopic (exact) mass is 450 g/mol. The van der Waals surface area contributed by atoms with E-state index in [2.05, 4.69) is 15.5 Å². The van der Waals surface area contributed by atoms with Crippen molar-refractivity contribution in [2.75, 3.05) is 24.8 Å². The van der Waals surface area contributed by atoms with Crippen molar-refractivity contribution in [3.8, 4) is 11.4 Å². The average molecular weight is 451 g/mol. The Labute approximate surface area is 181 Å². The first kappa shape index (κ1) is 22.3. The van der Waals surface area contributed by atoms with E-state index in [1.807, 2.05) is 34.9 Å². The zero-order valence-corrected chi connectivity index (χ0v) is 17.8. The molecule has 1 N–H and O–H groups in total. The molecule has 0 atom stereocenters. The Balaban J connectivity index is 1.63. The van der Waals surface area contributed by atoms with Crippen molar-refractivity contribution >= 4 is 35.1 Å². The molecule has 0 unspecified atom stereocenters. The number of nitrogens with one attached hydrogen (secondary N) is 1. The van der Waals surface area contributed by atoms with Gasteiger partial charge in [-0.25, -0.2) is 0 Å². The quantitative estimate of drug-likeness (QED) is 0.454. The summed E-state index contributed by atoms with van der Waals surface area (Å²) in [6, 6.07) is 16.0. The number of amides is 1. The summed E-state index contributed by atoms with van der Waals surface area (Å²) in [6.45, 7) is 1.04. The van der Waals surface area contributed by atoms with Gasteiger partial charge in [-0.3, -0.25) is 9.36 Å². The van der Waals surface area contributed by atoms with Crippen LogP contribution in [0.2, 0.25) is 0 Å². The van der Waals surface area contributed by atoms with Gasteiger partial charge >= 0.3 is 0 Å². The molecule has 6 nitrogen and oxygen atoms in total. The number of halogens is 2. The van der Waals surface area contributed by atoms with Gasteiger partial charge in [0.2, 0.25) is 5.91 Å². The zero-order valence-electron chi connectivity index (χ0n) is 16.1. The lowest BCUT2D eigenvalue weighted by Crippen LogP contribution is -2.15. The van der Waals surface area contributed by atoms with Gasteiger partial charge < -0.3 is 10.1 Å². The molecule has 10 heteroatoms. The molecule has 2 aromatic carbocycles. The van der Waals surface area contributed by atoms with Crippen molar-refractivity contribution in [3.63, 3.8) is 0 Å². The normalized spacial score (nSPS) is 11.1. The van der Waals surface area contributed by atoms with Crippen molar-refractivity contribution in [1.29, 1.82) is 0 Å². The SMILES string of the molecule is COCCn1c(SCC(=O)Nc2ccc(SC(F)F)cc2)nnc1-c1ccccc1. The van der Waals surface area contributed by atoms with Gasteiger partial charge in [0.1, 0.15) is 0 Å². The number of benzene rings is 2. The predicted molar refractivity (Wildman–Crippen MR) is 115 cm³/mol. The van der Waals surface area contributed by atoms with Crippen LogP contribution in [-0.2, 0) is 16.1 Å². The van der Waals surface area contributed by atoms with Crippen LogP contribution in [0, 0.1) is 0 Å². The number of anilines is 1. The van der Waals surface area contributed by atoms with Crippen LogP contribution in [0.15, 0.2) is 64.6 Å². The molecular formula is C20H20F2N4O2S2. The smallest absolute Gasteiger partial charge is 0.288 e. The fraction of sp³-hybridized carbons (Fsp3) is 0.250. The second-order valence-electron chi connectivity index (χ2n) is 6.06. The van der Waals surface area contributed by atoms with Gasteiger partial charge in [0.05, 0.1) is 18.9 Å². The van der Waals surface area contributed by atoms with Gasteiger partial charge in [0.25, 0.3) is 5.76 Å². The highest BCUT2D eigenvalue weighted by Gasteiger charge is 2.15. The first-order chi connectivity index (χ1) is 14.6. The molecule has 1 aromatic heterocycles. The lowest BCUT2D eigenvalue weighted by molar-refractivity contribution is -0.113. The van der Waals surface area contributed by atoms with Crippen molar-refractivity contribution in [2.45, 2.75) is 22.4 Å². The number of methoxy groups -OCH3 is 1. The van der Waals surface area contributed by atoms with Crippen LogP contribution in [0.25, 0.3) is 11.4 Å². The molecule has 0 aliphatic rings. The molecule has 3 aromatic rings. The first-order valence-corrected chi connectivity index (χ1v) is 10.9. The molecule has 0 fully saturated rings. The molecule has 0 saturated carbocycles. The Hall–Kier alpha value is -2.43. The molecule has 30 heavy (non-hydrogen) atoms. The van der Waals surface area contributed by atoms with Crippen molar-refractivity contribution in [2.24, 2.45) is 0 Å². The van der Waals surface area contributed by atoms with Crippen LogP contribution in [0.5, 0.6) is 0 Å². The number of ether oxygens (including phenoxy) is 1. The summed E-state index contributed by atoms with van der Waals surface area (Å²) in [6.07, 6.45) is 0. The second kappa shape index (κ2) is 11.1. The minimum absolute atomic E-state index is 0.132.